The number of rotatable bonds is 6. The fourth-order valence-electron chi connectivity index (χ4n) is 2.33. The molecule has 0 aliphatic heterocycles. The van der Waals surface area contributed by atoms with Gasteiger partial charge < -0.3 is 10.2 Å². The monoisotopic (exact) mass is 268 g/mol. The van der Waals surface area contributed by atoms with E-state index in [2.05, 4.69) is 79.6 Å². The Morgan fingerprint density at radius 1 is 1.00 bits per heavy atom. The van der Waals surface area contributed by atoms with E-state index in [1.807, 2.05) is 0 Å². The lowest BCUT2D eigenvalue weighted by molar-refractivity contribution is 0.677. The highest BCUT2D eigenvalue weighted by Crippen LogP contribution is 2.11. The SMILES string of the molecule is Cc1ccc(CNCCN(C)c2ccccc2)c(C)c1. The molecule has 2 nitrogen and oxygen atoms in total. The standard InChI is InChI=1S/C18H24N2/c1-15-9-10-17(16(2)13-15)14-19-11-12-20(3)18-7-5-4-6-8-18/h4-10,13,19H,11-12,14H2,1-3H3. The largest absolute Gasteiger partial charge is 0.373 e. The Morgan fingerprint density at radius 3 is 2.45 bits per heavy atom. The zero-order valence-electron chi connectivity index (χ0n) is 12.7. The normalized spacial score (nSPS) is 10.6. The van der Waals surface area contributed by atoms with Gasteiger partial charge in [0.25, 0.3) is 0 Å². The second-order valence-corrected chi connectivity index (χ2v) is 5.36. The second-order valence-electron chi connectivity index (χ2n) is 5.36. The minimum atomic E-state index is 0.939. The van der Waals surface area contributed by atoms with Gasteiger partial charge >= 0.3 is 0 Å². The highest BCUT2D eigenvalue weighted by Gasteiger charge is 2.00. The van der Waals surface area contributed by atoms with Gasteiger partial charge in [-0.05, 0) is 37.1 Å². The van der Waals surface area contributed by atoms with Gasteiger partial charge in [0.2, 0.25) is 0 Å². The lowest BCUT2D eigenvalue weighted by Crippen LogP contribution is -2.28. The Hall–Kier alpha value is -1.80. The summed E-state index contributed by atoms with van der Waals surface area (Å²) in [6, 6.07) is 17.1. The molecule has 0 aromatic heterocycles. The maximum Gasteiger partial charge on any atom is 0.0364 e. The average Bonchev–Trinajstić information content (AvgIpc) is 2.46. The van der Waals surface area contributed by atoms with Crippen LogP contribution >= 0.6 is 0 Å². The van der Waals surface area contributed by atoms with Crippen molar-refractivity contribution in [3.8, 4) is 0 Å². The van der Waals surface area contributed by atoms with Crippen LogP contribution in [0.1, 0.15) is 16.7 Å². The molecule has 0 saturated carbocycles. The summed E-state index contributed by atoms with van der Waals surface area (Å²) in [6.07, 6.45) is 0. The highest BCUT2D eigenvalue weighted by molar-refractivity contribution is 5.44. The van der Waals surface area contributed by atoms with Crippen LogP contribution in [-0.4, -0.2) is 20.1 Å². The van der Waals surface area contributed by atoms with Gasteiger partial charge in [0.1, 0.15) is 0 Å². The van der Waals surface area contributed by atoms with Crippen molar-refractivity contribution in [2.24, 2.45) is 0 Å². The predicted molar refractivity (Wildman–Crippen MR) is 87.3 cm³/mol. The van der Waals surface area contributed by atoms with Crippen molar-refractivity contribution in [2.45, 2.75) is 20.4 Å². The Balaban J connectivity index is 1.76. The summed E-state index contributed by atoms with van der Waals surface area (Å²) in [5.74, 6) is 0. The fraction of sp³-hybridized carbons (Fsp3) is 0.333. The number of benzene rings is 2. The Bertz CT molecular complexity index is 534. The third-order valence-corrected chi connectivity index (χ3v) is 3.63. The van der Waals surface area contributed by atoms with E-state index in [4.69, 9.17) is 0 Å². The van der Waals surface area contributed by atoms with Gasteiger partial charge in [-0.15, -0.1) is 0 Å². The number of nitrogens with zero attached hydrogens (tertiary/aromatic N) is 1. The molecule has 0 spiro atoms. The Labute approximate surface area is 122 Å². The van der Waals surface area contributed by atoms with Crippen molar-refractivity contribution in [2.75, 3.05) is 25.0 Å². The van der Waals surface area contributed by atoms with Gasteiger partial charge in [0.15, 0.2) is 0 Å². The van der Waals surface area contributed by atoms with E-state index >= 15 is 0 Å². The number of hydrogen-bond acceptors (Lipinski definition) is 2. The molecule has 2 aromatic rings. The third kappa shape index (κ3) is 4.10. The molecule has 0 fully saturated rings. The molecule has 0 bridgehead atoms. The minimum absolute atomic E-state index is 0.939. The smallest absolute Gasteiger partial charge is 0.0364 e. The summed E-state index contributed by atoms with van der Waals surface area (Å²) < 4.78 is 0. The van der Waals surface area contributed by atoms with Crippen LogP contribution in [0.25, 0.3) is 0 Å². The van der Waals surface area contributed by atoms with Crippen LogP contribution in [0.15, 0.2) is 48.5 Å². The lowest BCUT2D eigenvalue weighted by atomic mass is 10.1. The van der Waals surface area contributed by atoms with Crippen LogP contribution < -0.4 is 10.2 Å². The number of aryl methyl sites for hydroxylation is 2. The van der Waals surface area contributed by atoms with Gasteiger partial charge in [0, 0.05) is 32.4 Å². The van der Waals surface area contributed by atoms with Gasteiger partial charge in [0.05, 0.1) is 0 Å². The van der Waals surface area contributed by atoms with E-state index in [9.17, 15) is 0 Å². The summed E-state index contributed by atoms with van der Waals surface area (Å²) in [4.78, 5) is 2.27. The molecule has 20 heavy (non-hydrogen) atoms. The third-order valence-electron chi connectivity index (χ3n) is 3.63. The highest BCUT2D eigenvalue weighted by atomic mass is 15.1. The molecule has 0 atom stereocenters. The zero-order valence-corrected chi connectivity index (χ0v) is 12.7. The van der Waals surface area contributed by atoms with E-state index in [0.29, 0.717) is 0 Å². The summed E-state index contributed by atoms with van der Waals surface area (Å²) in [6.45, 7) is 7.25. The zero-order chi connectivity index (χ0) is 14.4. The first-order valence-electron chi connectivity index (χ1n) is 7.20. The van der Waals surface area contributed by atoms with Crippen LogP contribution in [0, 0.1) is 13.8 Å². The molecule has 0 saturated heterocycles. The van der Waals surface area contributed by atoms with Crippen molar-refractivity contribution in [1.82, 2.24) is 5.32 Å². The molecule has 0 unspecified atom stereocenters. The summed E-state index contributed by atoms with van der Waals surface area (Å²) in [7, 11) is 2.13. The number of anilines is 1. The second kappa shape index (κ2) is 7.11. The van der Waals surface area contributed by atoms with Crippen molar-refractivity contribution in [3.05, 3.63) is 65.2 Å². The summed E-state index contributed by atoms with van der Waals surface area (Å²) >= 11 is 0. The molecule has 0 amide bonds. The van der Waals surface area contributed by atoms with E-state index in [1.165, 1.54) is 22.4 Å². The molecule has 2 heteroatoms. The number of para-hydroxylation sites is 1. The first-order valence-corrected chi connectivity index (χ1v) is 7.20. The molecule has 0 heterocycles. The first kappa shape index (κ1) is 14.6. The molecular weight excluding hydrogens is 244 g/mol. The summed E-state index contributed by atoms with van der Waals surface area (Å²) in [5, 5.41) is 3.52. The van der Waals surface area contributed by atoms with E-state index in [-0.39, 0.29) is 0 Å². The lowest BCUT2D eigenvalue weighted by Gasteiger charge is -2.19. The van der Waals surface area contributed by atoms with Crippen LogP contribution in [0.3, 0.4) is 0 Å². The molecular formula is C18H24N2. The molecule has 106 valence electrons. The van der Waals surface area contributed by atoms with Gasteiger partial charge in [-0.1, -0.05) is 42.0 Å². The quantitative estimate of drug-likeness (QED) is 0.806. The molecule has 2 aromatic carbocycles. The molecule has 0 aliphatic carbocycles. The van der Waals surface area contributed by atoms with Crippen molar-refractivity contribution < 1.29 is 0 Å². The fourth-order valence-corrected chi connectivity index (χ4v) is 2.33. The van der Waals surface area contributed by atoms with Crippen LogP contribution in [0.5, 0.6) is 0 Å². The van der Waals surface area contributed by atoms with E-state index in [1.54, 1.807) is 0 Å². The van der Waals surface area contributed by atoms with Crippen LogP contribution in [-0.2, 0) is 6.54 Å². The Kier molecular flexibility index (Phi) is 5.19. The Morgan fingerprint density at radius 2 is 1.75 bits per heavy atom. The van der Waals surface area contributed by atoms with Crippen molar-refractivity contribution in [1.29, 1.82) is 0 Å². The van der Waals surface area contributed by atoms with E-state index in [0.717, 1.165) is 19.6 Å². The van der Waals surface area contributed by atoms with Gasteiger partial charge in [-0.2, -0.15) is 0 Å². The van der Waals surface area contributed by atoms with Crippen LogP contribution in [0.4, 0.5) is 5.69 Å². The minimum Gasteiger partial charge on any atom is -0.373 e. The summed E-state index contributed by atoms with van der Waals surface area (Å²) in [5.41, 5.74) is 5.35. The van der Waals surface area contributed by atoms with Crippen LogP contribution in [0.2, 0.25) is 0 Å². The maximum absolute atomic E-state index is 3.52. The average molecular weight is 268 g/mol. The topological polar surface area (TPSA) is 15.3 Å². The van der Waals surface area contributed by atoms with Crippen molar-refractivity contribution >= 4 is 5.69 Å². The van der Waals surface area contributed by atoms with Gasteiger partial charge in [-0.25, -0.2) is 0 Å². The first-order chi connectivity index (χ1) is 9.66. The molecule has 1 N–H and O–H groups in total. The number of nitrogens with one attached hydrogen (secondary N) is 1. The molecule has 2 rings (SSSR count). The predicted octanol–water partition coefficient (Wildman–Crippen LogP) is 3.53. The number of likely N-dealkylation sites (N-methyl/N-ethyl adjacent to an activating group) is 1. The maximum atomic E-state index is 3.52. The van der Waals surface area contributed by atoms with E-state index < -0.39 is 0 Å². The number of hydrogen-bond donors (Lipinski definition) is 1. The molecule has 0 aliphatic rings. The van der Waals surface area contributed by atoms with Crippen molar-refractivity contribution in [3.63, 3.8) is 0 Å². The molecule has 0 radical (unpaired) electrons. The van der Waals surface area contributed by atoms with Gasteiger partial charge in [-0.3, -0.25) is 0 Å².